The van der Waals surface area contributed by atoms with Crippen molar-refractivity contribution in [1.29, 1.82) is 0 Å². The molecule has 1 saturated heterocycles. The number of rotatable bonds is 8. The Morgan fingerprint density at radius 3 is 1.95 bits per heavy atom. The van der Waals surface area contributed by atoms with Crippen LogP contribution >= 0.6 is 0 Å². The van der Waals surface area contributed by atoms with E-state index in [1.54, 1.807) is 12.1 Å². The Balaban J connectivity index is 1.38. The first-order valence-electron chi connectivity index (χ1n) is 12.0. The molecule has 0 radical (unpaired) electrons. The van der Waals surface area contributed by atoms with Gasteiger partial charge >= 0.3 is 15.4 Å². The van der Waals surface area contributed by atoms with Gasteiger partial charge in [-0.1, -0.05) is 18.2 Å². The molecule has 0 aromatic heterocycles. The Bertz CT molecular complexity index is 1310. The van der Waals surface area contributed by atoms with Gasteiger partial charge in [0.1, 0.15) is 5.75 Å². The van der Waals surface area contributed by atoms with Crippen molar-refractivity contribution < 1.29 is 36.0 Å². The van der Waals surface area contributed by atoms with Crippen molar-refractivity contribution in [3.05, 3.63) is 84.4 Å². The van der Waals surface area contributed by atoms with Crippen LogP contribution in [0.25, 0.3) is 0 Å². The van der Waals surface area contributed by atoms with Crippen molar-refractivity contribution in [3.63, 3.8) is 0 Å². The Morgan fingerprint density at radius 2 is 1.41 bits per heavy atom. The molecule has 1 heterocycles. The van der Waals surface area contributed by atoms with Crippen molar-refractivity contribution in [2.24, 2.45) is 0 Å². The minimum Gasteiger partial charge on any atom is -0.483 e. The van der Waals surface area contributed by atoms with Gasteiger partial charge in [-0.3, -0.25) is 4.55 Å². The fourth-order valence-corrected chi connectivity index (χ4v) is 7.10. The number of hydrogen-bond donors (Lipinski definition) is 1. The lowest BCUT2D eigenvalue weighted by Gasteiger charge is -2.21. The number of fused-ring (bicyclic) bond motifs is 1. The normalized spacial score (nSPS) is 23.4. The molecule has 4 unspecified atom stereocenters. The number of ether oxygens (including phenoxy) is 3. The summed E-state index contributed by atoms with van der Waals surface area (Å²) in [6.07, 6.45) is 1.10. The smallest absolute Gasteiger partial charge is 0.405 e. The molecule has 0 amide bonds. The molecule has 196 valence electrons. The van der Waals surface area contributed by atoms with E-state index in [1.165, 1.54) is 12.1 Å². The van der Waals surface area contributed by atoms with E-state index in [-0.39, 0.29) is 24.2 Å². The van der Waals surface area contributed by atoms with Crippen LogP contribution in [0.3, 0.4) is 0 Å². The molecule has 1 N–H and O–H groups in total. The molecule has 3 aromatic rings. The average Bonchev–Trinajstić information content (AvgIpc) is 3.48. The monoisotopic (exact) mass is 549 g/mol. The lowest BCUT2D eigenvalue weighted by atomic mass is 10.2. The van der Waals surface area contributed by atoms with Crippen LogP contribution in [0.1, 0.15) is 38.0 Å². The molecule has 10 heteroatoms. The maximum absolute atomic E-state index is 13.9. The molecule has 2 aliphatic rings. The van der Waals surface area contributed by atoms with Crippen LogP contribution in [0.2, 0.25) is 0 Å². The second-order valence-corrected chi connectivity index (χ2v) is 12.6. The van der Waals surface area contributed by atoms with Crippen LogP contribution in [0.5, 0.6) is 5.75 Å². The highest BCUT2D eigenvalue weighted by atomic mass is 32.2. The summed E-state index contributed by atoms with van der Waals surface area (Å²) in [5, 5.41) is -4.44. The topological polar surface area (TPSA) is 82.1 Å². The minimum atomic E-state index is -5.60. The second kappa shape index (κ2) is 10.3. The zero-order chi connectivity index (χ0) is 26.2. The van der Waals surface area contributed by atoms with Crippen LogP contribution in [0, 0.1) is 0 Å². The van der Waals surface area contributed by atoms with E-state index in [9.17, 15) is 17.2 Å². The first-order chi connectivity index (χ1) is 17.6. The van der Waals surface area contributed by atoms with Crippen LogP contribution in [0.15, 0.2) is 93.5 Å². The molecule has 5 rings (SSSR count). The second-order valence-electron chi connectivity index (χ2n) is 9.07. The van der Waals surface area contributed by atoms with Crippen molar-refractivity contribution in [3.8, 4) is 5.75 Å². The van der Waals surface area contributed by atoms with Gasteiger partial charge in [0.05, 0.1) is 23.1 Å². The predicted molar refractivity (Wildman–Crippen MR) is 134 cm³/mol. The number of alkyl halides is 2. The highest BCUT2D eigenvalue weighted by molar-refractivity contribution is 7.97. The molecule has 1 saturated carbocycles. The predicted octanol–water partition coefficient (Wildman–Crippen LogP) is 6.00. The lowest BCUT2D eigenvalue weighted by Crippen LogP contribution is -2.42. The fraction of sp³-hybridized carbons (Fsp3) is 0.333. The molecule has 3 aromatic carbocycles. The maximum Gasteiger partial charge on any atom is 0.405 e. The van der Waals surface area contributed by atoms with E-state index in [1.807, 2.05) is 54.6 Å². The Hall–Kier alpha value is -2.50. The van der Waals surface area contributed by atoms with Gasteiger partial charge in [0.15, 0.2) is 27.1 Å². The van der Waals surface area contributed by atoms with Crippen molar-refractivity contribution >= 4 is 21.0 Å². The van der Waals surface area contributed by atoms with Crippen LogP contribution in [-0.4, -0.2) is 36.5 Å². The van der Waals surface area contributed by atoms with Crippen LogP contribution in [0.4, 0.5) is 8.78 Å². The molecule has 1 aliphatic carbocycles. The Labute approximate surface area is 217 Å². The summed E-state index contributed by atoms with van der Waals surface area (Å²) < 4.78 is 75.9. The van der Waals surface area contributed by atoms with E-state index in [2.05, 4.69) is 0 Å². The van der Waals surface area contributed by atoms with Crippen molar-refractivity contribution in [2.75, 3.05) is 0 Å². The highest BCUT2D eigenvalue weighted by Crippen LogP contribution is 2.40. The molecule has 1 aliphatic heterocycles. The lowest BCUT2D eigenvalue weighted by molar-refractivity contribution is -0.0752. The molecule has 37 heavy (non-hydrogen) atoms. The average molecular weight is 550 g/mol. The fourth-order valence-electron chi connectivity index (χ4n) is 4.57. The summed E-state index contributed by atoms with van der Waals surface area (Å²) in [6.45, 7) is 0.892. The van der Waals surface area contributed by atoms with Gasteiger partial charge in [-0.2, -0.15) is 17.2 Å². The zero-order valence-corrected chi connectivity index (χ0v) is 21.6. The van der Waals surface area contributed by atoms with Crippen LogP contribution < -0.4 is 4.74 Å². The molecule has 6 nitrogen and oxygen atoms in total. The summed E-state index contributed by atoms with van der Waals surface area (Å²) in [5.41, 5.74) is 0.965. The summed E-state index contributed by atoms with van der Waals surface area (Å²) in [6, 6.07) is 24.6. The number of benzene rings is 3. The molecule has 4 atom stereocenters. The zero-order valence-electron chi connectivity index (χ0n) is 20.0. The molecule has 0 bridgehead atoms. The van der Waals surface area contributed by atoms with Gasteiger partial charge in [0, 0.05) is 5.56 Å². The van der Waals surface area contributed by atoms with E-state index >= 15 is 0 Å². The van der Waals surface area contributed by atoms with E-state index in [0.29, 0.717) is 0 Å². The maximum atomic E-state index is 13.9. The molecule has 0 spiro atoms. The first kappa shape index (κ1) is 26.1. The first-order valence-corrected chi connectivity index (χ1v) is 14.6. The van der Waals surface area contributed by atoms with E-state index in [0.717, 1.165) is 46.4 Å². The summed E-state index contributed by atoms with van der Waals surface area (Å²) in [4.78, 5) is 3.04. The summed E-state index contributed by atoms with van der Waals surface area (Å²) >= 11 is 0. The standard InChI is InChI=1S/C27H26F2O6S2/c1-18(27(28,29)37(30,31)32)33-20-12-16-23(17-13-20)36(21-6-3-2-4-7-21)22-14-10-19(11-15-22)26-34-24-8-5-9-25(24)35-26/h2-4,6-7,10-18,24-26H,5,8-9H2,1H3/p+1. The molecular weight excluding hydrogens is 522 g/mol. The van der Waals surface area contributed by atoms with Crippen molar-refractivity contribution in [2.45, 2.75) is 70.7 Å². The SMILES string of the molecule is CC(Oc1ccc([S+](c2ccccc2)c2ccc(C3OC4CCCC4O3)cc2)cc1)C(F)(F)S(=O)(=O)O. The third-order valence-corrected chi connectivity index (χ3v) is 9.80. The van der Waals surface area contributed by atoms with Gasteiger partial charge in [-0.25, -0.2) is 0 Å². The third-order valence-electron chi connectivity index (χ3n) is 6.55. The largest absolute Gasteiger partial charge is 0.483 e. The highest BCUT2D eigenvalue weighted by Gasteiger charge is 2.51. The molecular formula is C27H27F2O6S2+. The Kier molecular flexibility index (Phi) is 7.30. The van der Waals surface area contributed by atoms with Gasteiger partial charge in [0.25, 0.3) is 0 Å². The molecule has 2 fully saturated rings. The van der Waals surface area contributed by atoms with E-state index in [4.69, 9.17) is 18.8 Å². The summed E-state index contributed by atoms with van der Waals surface area (Å²) in [5.74, 6) is 0.0626. The van der Waals surface area contributed by atoms with Gasteiger partial charge in [-0.15, -0.1) is 0 Å². The quantitative estimate of drug-likeness (QED) is 0.274. The van der Waals surface area contributed by atoms with Gasteiger partial charge < -0.3 is 14.2 Å². The van der Waals surface area contributed by atoms with E-state index < -0.39 is 32.4 Å². The number of hydrogen-bond acceptors (Lipinski definition) is 5. The minimum absolute atomic E-state index is 0.0626. The number of halogens is 2. The van der Waals surface area contributed by atoms with Crippen LogP contribution in [-0.2, 0) is 30.5 Å². The third kappa shape index (κ3) is 5.39. The van der Waals surface area contributed by atoms with Gasteiger partial charge in [0.2, 0.25) is 0 Å². The summed E-state index contributed by atoms with van der Waals surface area (Å²) in [7, 11) is -6.11. The Morgan fingerprint density at radius 1 is 0.892 bits per heavy atom. The van der Waals surface area contributed by atoms with Crippen molar-refractivity contribution in [1.82, 2.24) is 0 Å². The van der Waals surface area contributed by atoms with Gasteiger partial charge in [-0.05, 0) is 86.8 Å².